The molecule has 1 atom stereocenters. The Morgan fingerprint density at radius 1 is 1.36 bits per heavy atom. The van der Waals surface area contributed by atoms with Crippen LogP contribution in [0.25, 0.3) is 11.4 Å². The Hall–Kier alpha value is -3.16. The van der Waals surface area contributed by atoms with Gasteiger partial charge >= 0.3 is 0 Å². The van der Waals surface area contributed by atoms with E-state index in [9.17, 15) is 4.79 Å². The molecule has 25 heavy (non-hydrogen) atoms. The van der Waals surface area contributed by atoms with Crippen molar-refractivity contribution in [2.45, 2.75) is 26.2 Å². The molecule has 2 N–H and O–H groups in total. The number of ether oxygens (including phenoxy) is 1. The minimum Gasteiger partial charge on any atom is -0.497 e. The van der Waals surface area contributed by atoms with E-state index in [-0.39, 0.29) is 17.6 Å². The van der Waals surface area contributed by atoms with E-state index in [0.29, 0.717) is 5.82 Å². The Labute approximate surface area is 144 Å². The molecular weight excluding hydrogens is 322 g/mol. The number of carbonyl (C=O) groups excluding carboxylic acids is 1. The van der Waals surface area contributed by atoms with Gasteiger partial charge in [0.2, 0.25) is 11.7 Å². The van der Waals surface area contributed by atoms with Gasteiger partial charge in [0.25, 0.3) is 5.91 Å². The maximum Gasteiger partial charge on any atom is 0.296 e. The van der Waals surface area contributed by atoms with Crippen molar-refractivity contribution in [3.63, 3.8) is 0 Å². The van der Waals surface area contributed by atoms with Crippen molar-refractivity contribution in [2.75, 3.05) is 12.4 Å². The second kappa shape index (κ2) is 7.16. The Bertz CT molecular complexity index is 853. The highest BCUT2D eigenvalue weighted by molar-refractivity contribution is 6.01. The number of anilines is 1. The first-order chi connectivity index (χ1) is 12.1. The molecule has 0 spiro atoms. The van der Waals surface area contributed by atoms with Gasteiger partial charge in [-0.1, -0.05) is 19.0 Å². The first-order valence-corrected chi connectivity index (χ1v) is 7.95. The molecule has 130 valence electrons. The van der Waals surface area contributed by atoms with E-state index in [1.165, 1.54) is 0 Å². The second-order valence-electron chi connectivity index (χ2n) is 5.62. The SMILES string of the molecule is CC[C@H](C)c1cc(C(=O)Nc2n[nH]c(-c3ccc(OC)cc3)n2)on1. The standard InChI is InChI=1S/C17H19N5O3/c1-4-10(2)13-9-14(25-22-13)16(23)19-17-18-15(20-21-17)11-5-7-12(24-3)8-6-11/h5-10H,4H2,1-3H3,(H2,18,19,20,21,23)/t10-/m0/s1. The summed E-state index contributed by atoms with van der Waals surface area (Å²) >= 11 is 0. The third kappa shape index (κ3) is 3.68. The molecular formula is C17H19N5O3. The lowest BCUT2D eigenvalue weighted by molar-refractivity contribution is 0.0987. The monoisotopic (exact) mass is 341 g/mol. The predicted molar refractivity (Wildman–Crippen MR) is 91.5 cm³/mol. The average molecular weight is 341 g/mol. The van der Waals surface area contributed by atoms with Crippen LogP contribution in [0.4, 0.5) is 5.95 Å². The van der Waals surface area contributed by atoms with Gasteiger partial charge in [0, 0.05) is 17.5 Å². The Kier molecular flexibility index (Phi) is 4.78. The number of rotatable bonds is 6. The molecule has 3 rings (SSSR count). The van der Waals surface area contributed by atoms with Crippen molar-refractivity contribution < 1.29 is 14.1 Å². The summed E-state index contributed by atoms with van der Waals surface area (Å²) in [6.07, 6.45) is 0.916. The zero-order valence-electron chi connectivity index (χ0n) is 14.2. The average Bonchev–Trinajstić information content (AvgIpc) is 3.31. The molecule has 0 aliphatic heterocycles. The smallest absolute Gasteiger partial charge is 0.296 e. The molecule has 1 amide bonds. The van der Waals surface area contributed by atoms with Gasteiger partial charge in [0.05, 0.1) is 12.8 Å². The van der Waals surface area contributed by atoms with Crippen LogP contribution in [0.5, 0.6) is 5.75 Å². The fourth-order valence-electron chi connectivity index (χ4n) is 2.20. The molecule has 0 aliphatic rings. The Morgan fingerprint density at radius 3 is 2.80 bits per heavy atom. The van der Waals surface area contributed by atoms with Crippen LogP contribution in [-0.2, 0) is 0 Å². The Morgan fingerprint density at radius 2 is 2.12 bits per heavy atom. The number of nitrogens with zero attached hydrogens (tertiary/aromatic N) is 3. The third-order valence-electron chi connectivity index (χ3n) is 3.94. The molecule has 0 aliphatic carbocycles. The number of benzene rings is 1. The number of H-pyrrole nitrogens is 1. The lowest BCUT2D eigenvalue weighted by atomic mass is 10.1. The highest BCUT2D eigenvalue weighted by atomic mass is 16.5. The summed E-state index contributed by atoms with van der Waals surface area (Å²) in [7, 11) is 1.60. The van der Waals surface area contributed by atoms with Crippen molar-refractivity contribution >= 4 is 11.9 Å². The maximum atomic E-state index is 12.2. The summed E-state index contributed by atoms with van der Waals surface area (Å²) in [6.45, 7) is 4.07. The molecule has 2 heterocycles. The molecule has 1 aromatic carbocycles. The van der Waals surface area contributed by atoms with Gasteiger partial charge in [-0.2, -0.15) is 4.98 Å². The van der Waals surface area contributed by atoms with Crippen LogP contribution in [0.2, 0.25) is 0 Å². The van der Waals surface area contributed by atoms with Crippen LogP contribution in [0, 0.1) is 0 Å². The van der Waals surface area contributed by atoms with Crippen LogP contribution in [0.3, 0.4) is 0 Å². The summed E-state index contributed by atoms with van der Waals surface area (Å²) in [5, 5.41) is 13.3. The number of nitrogens with one attached hydrogen (secondary N) is 2. The van der Waals surface area contributed by atoms with E-state index >= 15 is 0 Å². The highest BCUT2D eigenvalue weighted by Gasteiger charge is 2.17. The highest BCUT2D eigenvalue weighted by Crippen LogP contribution is 2.21. The van der Waals surface area contributed by atoms with Crippen LogP contribution >= 0.6 is 0 Å². The first kappa shape index (κ1) is 16.7. The summed E-state index contributed by atoms with van der Waals surface area (Å²) in [5.41, 5.74) is 1.58. The number of aromatic nitrogens is 4. The van der Waals surface area contributed by atoms with E-state index in [0.717, 1.165) is 23.4 Å². The fourth-order valence-corrected chi connectivity index (χ4v) is 2.20. The van der Waals surface area contributed by atoms with Gasteiger partial charge in [-0.25, -0.2) is 0 Å². The molecule has 0 radical (unpaired) electrons. The van der Waals surface area contributed by atoms with Crippen molar-refractivity contribution in [2.24, 2.45) is 0 Å². The molecule has 0 unspecified atom stereocenters. The normalized spacial score (nSPS) is 12.0. The van der Waals surface area contributed by atoms with Crippen LogP contribution < -0.4 is 10.1 Å². The zero-order valence-corrected chi connectivity index (χ0v) is 14.2. The molecule has 0 fully saturated rings. The molecule has 0 bridgehead atoms. The van der Waals surface area contributed by atoms with E-state index in [2.05, 4.69) is 25.7 Å². The zero-order chi connectivity index (χ0) is 17.8. The number of amides is 1. The summed E-state index contributed by atoms with van der Waals surface area (Å²) in [4.78, 5) is 16.5. The van der Waals surface area contributed by atoms with Crippen molar-refractivity contribution in [1.82, 2.24) is 20.3 Å². The molecule has 2 aromatic heterocycles. The second-order valence-corrected chi connectivity index (χ2v) is 5.62. The van der Waals surface area contributed by atoms with Gasteiger partial charge in [-0.15, -0.1) is 5.10 Å². The van der Waals surface area contributed by atoms with Gasteiger partial charge in [0.1, 0.15) is 5.75 Å². The summed E-state index contributed by atoms with van der Waals surface area (Å²) < 4.78 is 10.2. The van der Waals surface area contributed by atoms with Gasteiger partial charge < -0.3 is 9.26 Å². The number of methoxy groups -OCH3 is 1. The van der Waals surface area contributed by atoms with Crippen LogP contribution in [0.15, 0.2) is 34.9 Å². The minimum absolute atomic E-state index is 0.131. The van der Waals surface area contributed by atoms with E-state index < -0.39 is 5.91 Å². The predicted octanol–water partition coefficient (Wildman–Crippen LogP) is 3.23. The molecule has 0 saturated carbocycles. The topological polar surface area (TPSA) is 106 Å². The first-order valence-electron chi connectivity index (χ1n) is 7.95. The third-order valence-corrected chi connectivity index (χ3v) is 3.94. The van der Waals surface area contributed by atoms with Gasteiger partial charge in [-0.3, -0.25) is 15.2 Å². The molecule has 8 nitrogen and oxygen atoms in total. The fraction of sp³-hybridized carbons (Fsp3) is 0.294. The summed E-state index contributed by atoms with van der Waals surface area (Å²) in [6, 6.07) is 8.97. The lowest BCUT2D eigenvalue weighted by Crippen LogP contribution is -2.12. The van der Waals surface area contributed by atoms with E-state index in [1.807, 2.05) is 38.1 Å². The van der Waals surface area contributed by atoms with Gasteiger partial charge in [-0.05, 0) is 30.7 Å². The quantitative estimate of drug-likeness (QED) is 0.713. The van der Waals surface area contributed by atoms with E-state index in [4.69, 9.17) is 9.26 Å². The number of hydrogen-bond acceptors (Lipinski definition) is 6. The minimum atomic E-state index is -0.442. The molecule has 0 saturated heterocycles. The number of hydrogen-bond donors (Lipinski definition) is 2. The van der Waals surface area contributed by atoms with Crippen LogP contribution in [-0.4, -0.2) is 33.4 Å². The van der Waals surface area contributed by atoms with Gasteiger partial charge in [0.15, 0.2) is 5.82 Å². The maximum absolute atomic E-state index is 12.2. The number of carbonyl (C=O) groups is 1. The van der Waals surface area contributed by atoms with Crippen LogP contribution in [0.1, 0.15) is 42.4 Å². The molecule has 8 heteroatoms. The van der Waals surface area contributed by atoms with Crippen molar-refractivity contribution in [3.05, 3.63) is 41.8 Å². The largest absolute Gasteiger partial charge is 0.497 e. The van der Waals surface area contributed by atoms with E-state index in [1.54, 1.807) is 13.2 Å². The Balaban J connectivity index is 1.70. The van der Waals surface area contributed by atoms with Crippen molar-refractivity contribution in [3.8, 4) is 17.1 Å². The number of aromatic amines is 1. The lowest BCUT2D eigenvalue weighted by Gasteiger charge is -2.00. The summed E-state index contributed by atoms with van der Waals surface area (Å²) in [5.74, 6) is 1.37. The molecule has 3 aromatic rings. The van der Waals surface area contributed by atoms with Crippen molar-refractivity contribution in [1.29, 1.82) is 0 Å².